The molecule has 0 atom stereocenters. The maximum atomic E-state index is 14.1. The number of amidine groups is 1. The summed E-state index contributed by atoms with van der Waals surface area (Å²) in [4.78, 5) is 8.35. The molecule has 0 aliphatic carbocycles. The summed E-state index contributed by atoms with van der Waals surface area (Å²) in [5, 5.41) is 0.361. The predicted molar refractivity (Wildman–Crippen MR) is 84.6 cm³/mol. The summed E-state index contributed by atoms with van der Waals surface area (Å²) in [6.45, 7) is 0.00569. The van der Waals surface area contributed by atoms with Gasteiger partial charge < -0.3 is 5.73 Å². The van der Waals surface area contributed by atoms with E-state index in [1.807, 2.05) is 0 Å². The number of benzene rings is 2. The fourth-order valence-corrected chi connectivity index (χ4v) is 2.62. The van der Waals surface area contributed by atoms with Crippen LogP contribution in [0.2, 0.25) is 10.0 Å². The van der Waals surface area contributed by atoms with Crippen LogP contribution in [-0.2, 0) is 0 Å². The fraction of sp³-hybridized carbons (Fsp3) is 0.0667. The largest absolute Gasteiger partial charge is 0.386 e. The van der Waals surface area contributed by atoms with Crippen molar-refractivity contribution in [2.45, 2.75) is 0 Å². The molecule has 0 saturated heterocycles. The Balaban J connectivity index is 2.35. The first kappa shape index (κ1) is 14.9. The van der Waals surface area contributed by atoms with E-state index in [2.05, 4.69) is 9.98 Å². The number of hydrogen-bond acceptors (Lipinski definition) is 3. The van der Waals surface area contributed by atoms with Gasteiger partial charge in [-0.15, -0.1) is 0 Å². The molecule has 1 heterocycles. The minimum Gasteiger partial charge on any atom is -0.386 e. The highest BCUT2D eigenvalue weighted by Gasteiger charge is 2.24. The van der Waals surface area contributed by atoms with Crippen LogP contribution in [0.15, 0.2) is 40.3 Å². The Bertz CT molecular complexity index is 812. The van der Waals surface area contributed by atoms with Gasteiger partial charge in [-0.2, -0.15) is 0 Å². The van der Waals surface area contributed by atoms with Gasteiger partial charge in [0.2, 0.25) is 0 Å². The number of nitrogens with two attached hydrogens (primary N) is 1. The molecule has 0 fully saturated rings. The lowest BCUT2D eigenvalue weighted by Crippen LogP contribution is -2.15. The molecule has 0 bridgehead atoms. The highest BCUT2D eigenvalue weighted by molar-refractivity contribution is 6.45. The lowest BCUT2D eigenvalue weighted by molar-refractivity contribution is 0.579. The molecule has 112 valence electrons. The summed E-state index contributed by atoms with van der Waals surface area (Å²) in [5.41, 5.74) is 6.13. The van der Waals surface area contributed by atoms with Crippen molar-refractivity contribution < 1.29 is 8.78 Å². The predicted octanol–water partition coefficient (Wildman–Crippen LogP) is 4.11. The van der Waals surface area contributed by atoms with Gasteiger partial charge in [0.05, 0.1) is 33.6 Å². The second kappa shape index (κ2) is 5.66. The molecule has 3 nitrogen and oxygen atoms in total. The molecule has 2 aromatic carbocycles. The van der Waals surface area contributed by atoms with Gasteiger partial charge in [0.15, 0.2) is 0 Å². The first-order valence-electron chi connectivity index (χ1n) is 6.29. The molecule has 1 aliphatic heterocycles. The molecule has 1 aliphatic rings. The minimum absolute atomic E-state index is 0.00569. The van der Waals surface area contributed by atoms with Crippen molar-refractivity contribution in [1.29, 1.82) is 0 Å². The van der Waals surface area contributed by atoms with Gasteiger partial charge in [-0.1, -0.05) is 29.3 Å². The molecule has 7 heteroatoms. The van der Waals surface area contributed by atoms with E-state index in [0.717, 1.165) is 12.1 Å². The summed E-state index contributed by atoms with van der Waals surface area (Å²) in [6, 6.07) is 6.69. The third kappa shape index (κ3) is 2.46. The zero-order valence-corrected chi connectivity index (χ0v) is 12.6. The van der Waals surface area contributed by atoms with Crippen molar-refractivity contribution in [2.75, 3.05) is 6.54 Å². The van der Waals surface area contributed by atoms with Crippen LogP contribution in [0.5, 0.6) is 0 Å². The molecule has 0 saturated carbocycles. The van der Waals surface area contributed by atoms with Crippen molar-refractivity contribution in [3.8, 4) is 0 Å². The van der Waals surface area contributed by atoms with E-state index in [9.17, 15) is 8.78 Å². The molecule has 2 N–H and O–H groups in total. The molecule has 0 amide bonds. The van der Waals surface area contributed by atoms with E-state index in [1.165, 1.54) is 6.07 Å². The van der Waals surface area contributed by atoms with Gasteiger partial charge in [-0.3, -0.25) is 4.99 Å². The Hall–Kier alpha value is -1.98. The maximum absolute atomic E-state index is 14.1. The lowest BCUT2D eigenvalue weighted by Gasteiger charge is -2.12. The summed E-state index contributed by atoms with van der Waals surface area (Å²) in [5.74, 6) is -1.28. The van der Waals surface area contributed by atoms with Crippen LogP contribution in [0, 0.1) is 11.6 Å². The van der Waals surface area contributed by atoms with Gasteiger partial charge in [-0.25, -0.2) is 13.8 Å². The first-order chi connectivity index (χ1) is 10.5. The van der Waals surface area contributed by atoms with Crippen molar-refractivity contribution in [1.82, 2.24) is 0 Å². The van der Waals surface area contributed by atoms with Crippen LogP contribution in [0.3, 0.4) is 0 Å². The molecule has 0 spiro atoms. The Kier molecular flexibility index (Phi) is 3.85. The second-order valence-electron chi connectivity index (χ2n) is 4.62. The third-order valence-corrected chi connectivity index (χ3v) is 3.98. The van der Waals surface area contributed by atoms with E-state index >= 15 is 0 Å². The molecule has 0 radical (unpaired) electrons. The van der Waals surface area contributed by atoms with Gasteiger partial charge in [-0.05, 0) is 24.3 Å². The smallest absolute Gasteiger partial charge is 0.135 e. The summed E-state index contributed by atoms with van der Waals surface area (Å²) >= 11 is 12.2. The van der Waals surface area contributed by atoms with Crippen LogP contribution in [0.1, 0.15) is 11.1 Å². The lowest BCUT2D eigenvalue weighted by atomic mass is 9.99. The number of aliphatic imine (C=N–C) groups is 2. The number of halogens is 4. The van der Waals surface area contributed by atoms with Crippen LogP contribution >= 0.6 is 23.2 Å². The monoisotopic (exact) mass is 339 g/mol. The average Bonchev–Trinajstić information content (AvgIpc) is 2.63. The normalized spacial score (nSPS) is 14.0. The van der Waals surface area contributed by atoms with E-state index in [1.54, 1.807) is 12.1 Å². The standard InChI is InChI=1S/C15H9Cl2F2N3/c16-7-4-5-10-13(14(7)17)15(21-6-11(20)22-10)12-8(18)2-1-3-9(12)19/h1-5H,6H2,(H2,20,22). The highest BCUT2D eigenvalue weighted by atomic mass is 35.5. The first-order valence-corrected chi connectivity index (χ1v) is 7.05. The molecular weight excluding hydrogens is 331 g/mol. The molecule has 0 unspecified atom stereocenters. The van der Waals surface area contributed by atoms with Crippen molar-refractivity contribution >= 4 is 40.4 Å². The van der Waals surface area contributed by atoms with Crippen LogP contribution in [0.25, 0.3) is 0 Å². The third-order valence-electron chi connectivity index (χ3n) is 3.17. The Morgan fingerprint density at radius 3 is 2.36 bits per heavy atom. The Labute approximate surface area is 135 Å². The van der Waals surface area contributed by atoms with Gasteiger partial charge >= 0.3 is 0 Å². The zero-order chi connectivity index (χ0) is 15.9. The average molecular weight is 340 g/mol. The topological polar surface area (TPSA) is 50.7 Å². The number of hydrogen-bond donors (Lipinski definition) is 1. The van der Waals surface area contributed by atoms with Crippen molar-refractivity contribution in [3.05, 3.63) is 63.1 Å². The van der Waals surface area contributed by atoms with E-state index in [-0.39, 0.29) is 39.3 Å². The molecule has 22 heavy (non-hydrogen) atoms. The summed E-state index contributed by atoms with van der Waals surface area (Å²) in [6.07, 6.45) is 0. The molecule has 0 aromatic heterocycles. The maximum Gasteiger partial charge on any atom is 0.135 e. The SMILES string of the molecule is NC1=Nc2ccc(Cl)c(Cl)c2C(c2c(F)cccc2F)=NC1. The van der Waals surface area contributed by atoms with E-state index < -0.39 is 11.6 Å². The van der Waals surface area contributed by atoms with Crippen molar-refractivity contribution in [2.24, 2.45) is 15.7 Å². The van der Waals surface area contributed by atoms with E-state index in [4.69, 9.17) is 28.9 Å². The fourth-order valence-electron chi connectivity index (χ4n) is 2.22. The molecule has 2 aromatic rings. The number of rotatable bonds is 1. The van der Waals surface area contributed by atoms with Gasteiger partial charge in [0.25, 0.3) is 0 Å². The quantitative estimate of drug-likeness (QED) is 0.834. The molecular formula is C15H9Cl2F2N3. The number of nitrogens with zero attached hydrogens (tertiary/aromatic N) is 2. The summed E-state index contributed by atoms with van der Waals surface area (Å²) in [7, 11) is 0. The Morgan fingerprint density at radius 1 is 1.00 bits per heavy atom. The van der Waals surface area contributed by atoms with Gasteiger partial charge in [0.1, 0.15) is 17.5 Å². The van der Waals surface area contributed by atoms with Crippen LogP contribution < -0.4 is 5.73 Å². The van der Waals surface area contributed by atoms with Crippen LogP contribution in [0.4, 0.5) is 14.5 Å². The van der Waals surface area contributed by atoms with Crippen molar-refractivity contribution in [3.63, 3.8) is 0 Å². The van der Waals surface area contributed by atoms with Gasteiger partial charge in [0, 0.05) is 5.56 Å². The highest BCUT2D eigenvalue weighted by Crippen LogP contribution is 2.37. The second-order valence-corrected chi connectivity index (χ2v) is 5.41. The van der Waals surface area contributed by atoms with Crippen LogP contribution in [-0.4, -0.2) is 18.1 Å². The minimum atomic E-state index is -0.749. The summed E-state index contributed by atoms with van der Waals surface area (Å²) < 4.78 is 28.3. The Morgan fingerprint density at radius 2 is 1.68 bits per heavy atom. The zero-order valence-electron chi connectivity index (χ0n) is 11.1. The molecule has 3 rings (SSSR count). The number of fused-ring (bicyclic) bond motifs is 1. The van der Waals surface area contributed by atoms with E-state index in [0.29, 0.717) is 5.69 Å².